The summed E-state index contributed by atoms with van der Waals surface area (Å²) in [6.45, 7) is 17.1. The lowest BCUT2D eigenvalue weighted by Gasteiger charge is -2.30. The lowest BCUT2D eigenvalue weighted by molar-refractivity contribution is 0.0773. The van der Waals surface area contributed by atoms with E-state index in [1.54, 1.807) is 7.05 Å². The van der Waals surface area contributed by atoms with Gasteiger partial charge in [0.05, 0.1) is 0 Å². The van der Waals surface area contributed by atoms with Crippen LogP contribution in [-0.4, -0.2) is 67.0 Å². The minimum Gasteiger partial charge on any atom is -0.356 e. The first-order chi connectivity index (χ1) is 13.8. The van der Waals surface area contributed by atoms with Gasteiger partial charge in [0.2, 0.25) is 0 Å². The maximum absolute atomic E-state index is 12.4. The van der Waals surface area contributed by atoms with E-state index in [9.17, 15) is 4.79 Å². The molecule has 0 unspecified atom stereocenters. The molecule has 1 amide bonds. The van der Waals surface area contributed by atoms with Crippen LogP contribution < -0.4 is 10.6 Å². The Bertz CT molecular complexity index is 619. The van der Waals surface area contributed by atoms with E-state index in [0.29, 0.717) is 18.6 Å². The number of amides is 1. The van der Waals surface area contributed by atoms with E-state index in [4.69, 9.17) is 0 Å². The fraction of sp³-hybridized carbons (Fsp3) is 0.652. The second kappa shape index (κ2) is 15.5. The fourth-order valence-corrected chi connectivity index (χ4v) is 3.45. The molecular formula is C23H42IN5O. The van der Waals surface area contributed by atoms with E-state index in [0.717, 1.165) is 49.7 Å². The molecule has 0 saturated carbocycles. The molecule has 0 saturated heterocycles. The van der Waals surface area contributed by atoms with Crippen molar-refractivity contribution >= 4 is 35.8 Å². The average molecular weight is 532 g/mol. The van der Waals surface area contributed by atoms with Crippen molar-refractivity contribution in [3.63, 3.8) is 0 Å². The van der Waals surface area contributed by atoms with Crippen LogP contribution >= 0.6 is 24.0 Å². The lowest BCUT2D eigenvalue weighted by Crippen LogP contribution is -2.41. The molecule has 0 bridgehead atoms. The number of rotatable bonds is 11. The third-order valence-electron chi connectivity index (χ3n) is 5.15. The average Bonchev–Trinajstić information content (AvgIpc) is 2.70. The zero-order valence-corrected chi connectivity index (χ0v) is 22.2. The molecule has 0 atom stereocenters. The smallest absolute Gasteiger partial charge is 0.253 e. The number of hydrogen-bond donors (Lipinski definition) is 2. The molecule has 0 aliphatic heterocycles. The van der Waals surface area contributed by atoms with Gasteiger partial charge in [0.25, 0.3) is 5.91 Å². The molecule has 1 aromatic rings. The standard InChI is InChI=1S/C23H41N5O.HI/c1-8-27(9-2)22(29)21-13-11-20(12-14-21)17-26-23(24-7)25-15-10-16-28(18(3)4)19(5)6;/h11-14,18-19H,8-10,15-17H2,1-7H3,(H2,24,25,26);1H. The Hall–Kier alpha value is -1.35. The predicted octanol–water partition coefficient (Wildman–Crippen LogP) is 3.96. The third-order valence-corrected chi connectivity index (χ3v) is 5.15. The van der Waals surface area contributed by atoms with Crippen LogP contribution in [0.5, 0.6) is 0 Å². The normalized spacial score (nSPS) is 11.6. The summed E-state index contributed by atoms with van der Waals surface area (Å²) in [6, 6.07) is 8.92. The topological polar surface area (TPSA) is 60.0 Å². The van der Waals surface area contributed by atoms with Crippen LogP contribution in [-0.2, 0) is 6.54 Å². The summed E-state index contributed by atoms with van der Waals surface area (Å²) in [4.78, 5) is 21.0. The van der Waals surface area contributed by atoms with Gasteiger partial charge < -0.3 is 15.5 Å². The zero-order chi connectivity index (χ0) is 21.8. The van der Waals surface area contributed by atoms with Gasteiger partial charge in [0.1, 0.15) is 0 Å². The summed E-state index contributed by atoms with van der Waals surface area (Å²) >= 11 is 0. The van der Waals surface area contributed by atoms with Gasteiger partial charge in [-0.15, -0.1) is 24.0 Å². The van der Waals surface area contributed by atoms with Crippen molar-refractivity contribution < 1.29 is 4.79 Å². The molecule has 0 fully saturated rings. The highest BCUT2D eigenvalue weighted by Crippen LogP contribution is 2.08. The second-order valence-electron chi connectivity index (χ2n) is 7.81. The van der Waals surface area contributed by atoms with Crippen molar-refractivity contribution in [2.24, 2.45) is 4.99 Å². The van der Waals surface area contributed by atoms with Gasteiger partial charge >= 0.3 is 0 Å². The Kier molecular flexibility index (Phi) is 14.8. The molecule has 172 valence electrons. The molecule has 0 aliphatic rings. The molecule has 0 aromatic heterocycles. The van der Waals surface area contributed by atoms with Crippen LogP contribution in [0.2, 0.25) is 0 Å². The van der Waals surface area contributed by atoms with Crippen LogP contribution in [0.4, 0.5) is 0 Å². The van der Waals surface area contributed by atoms with Gasteiger partial charge in [-0.05, 0) is 65.7 Å². The molecule has 30 heavy (non-hydrogen) atoms. The Morgan fingerprint density at radius 2 is 1.57 bits per heavy atom. The molecule has 0 radical (unpaired) electrons. The quantitative estimate of drug-likeness (QED) is 0.197. The Balaban J connectivity index is 0.00000841. The first kappa shape index (κ1) is 28.6. The highest BCUT2D eigenvalue weighted by Gasteiger charge is 2.13. The summed E-state index contributed by atoms with van der Waals surface area (Å²) in [5, 5.41) is 6.73. The first-order valence-corrected chi connectivity index (χ1v) is 10.9. The summed E-state index contributed by atoms with van der Waals surface area (Å²) in [6.07, 6.45) is 1.07. The number of nitrogens with zero attached hydrogens (tertiary/aromatic N) is 3. The van der Waals surface area contributed by atoms with Crippen LogP contribution in [0.3, 0.4) is 0 Å². The SMILES string of the molecule is CCN(CC)C(=O)c1ccc(CNC(=NC)NCCCN(C(C)C)C(C)C)cc1.I. The highest BCUT2D eigenvalue weighted by atomic mass is 127. The fourth-order valence-electron chi connectivity index (χ4n) is 3.45. The minimum atomic E-state index is 0. The minimum absolute atomic E-state index is 0. The lowest BCUT2D eigenvalue weighted by atomic mass is 10.1. The van der Waals surface area contributed by atoms with Crippen molar-refractivity contribution in [2.45, 2.75) is 66.6 Å². The van der Waals surface area contributed by atoms with E-state index >= 15 is 0 Å². The molecule has 7 heteroatoms. The van der Waals surface area contributed by atoms with Crippen LogP contribution in [0, 0.1) is 0 Å². The number of benzene rings is 1. The van der Waals surface area contributed by atoms with E-state index in [2.05, 4.69) is 48.2 Å². The van der Waals surface area contributed by atoms with Crippen molar-refractivity contribution in [2.75, 3.05) is 33.2 Å². The summed E-state index contributed by atoms with van der Waals surface area (Å²) < 4.78 is 0. The highest BCUT2D eigenvalue weighted by molar-refractivity contribution is 14.0. The molecule has 0 spiro atoms. The van der Waals surface area contributed by atoms with Crippen molar-refractivity contribution in [3.05, 3.63) is 35.4 Å². The van der Waals surface area contributed by atoms with Gasteiger partial charge in [-0.3, -0.25) is 14.7 Å². The number of nitrogens with one attached hydrogen (secondary N) is 2. The number of carbonyl (C=O) groups is 1. The maximum Gasteiger partial charge on any atom is 0.253 e. The summed E-state index contributed by atoms with van der Waals surface area (Å²) in [5.41, 5.74) is 1.86. The maximum atomic E-state index is 12.4. The molecule has 0 heterocycles. The number of halogens is 1. The molecular weight excluding hydrogens is 489 g/mol. The van der Waals surface area contributed by atoms with Crippen molar-refractivity contribution in [1.82, 2.24) is 20.4 Å². The number of aliphatic imine (C=N–C) groups is 1. The monoisotopic (exact) mass is 531 g/mol. The van der Waals surface area contributed by atoms with Gasteiger partial charge in [0, 0.05) is 57.4 Å². The summed E-state index contributed by atoms with van der Waals surface area (Å²) in [5.74, 6) is 0.887. The van der Waals surface area contributed by atoms with Crippen molar-refractivity contribution in [1.29, 1.82) is 0 Å². The van der Waals surface area contributed by atoms with Gasteiger partial charge in [-0.1, -0.05) is 12.1 Å². The van der Waals surface area contributed by atoms with Gasteiger partial charge in [0.15, 0.2) is 5.96 Å². The number of carbonyl (C=O) groups excluding carboxylic acids is 1. The predicted molar refractivity (Wildman–Crippen MR) is 139 cm³/mol. The Morgan fingerprint density at radius 1 is 1.00 bits per heavy atom. The van der Waals surface area contributed by atoms with E-state index in [1.807, 2.05) is 43.0 Å². The Labute approximate surface area is 200 Å². The molecule has 1 aromatic carbocycles. The summed E-state index contributed by atoms with van der Waals surface area (Å²) in [7, 11) is 1.79. The first-order valence-electron chi connectivity index (χ1n) is 10.9. The van der Waals surface area contributed by atoms with Crippen LogP contribution in [0.15, 0.2) is 29.3 Å². The zero-order valence-electron chi connectivity index (χ0n) is 19.9. The number of hydrogen-bond acceptors (Lipinski definition) is 3. The number of guanidine groups is 1. The molecule has 0 aliphatic carbocycles. The molecule has 1 rings (SSSR count). The Morgan fingerprint density at radius 3 is 2.03 bits per heavy atom. The largest absolute Gasteiger partial charge is 0.356 e. The van der Waals surface area contributed by atoms with E-state index in [1.165, 1.54) is 0 Å². The van der Waals surface area contributed by atoms with E-state index < -0.39 is 0 Å². The van der Waals surface area contributed by atoms with Gasteiger partial charge in [-0.25, -0.2) is 0 Å². The second-order valence-corrected chi connectivity index (χ2v) is 7.81. The van der Waals surface area contributed by atoms with E-state index in [-0.39, 0.29) is 29.9 Å². The van der Waals surface area contributed by atoms with Crippen LogP contribution in [0.1, 0.15) is 63.9 Å². The van der Waals surface area contributed by atoms with Crippen LogP contribution in [0.25, 0.3) is 0 Å². The van der Waals surface area contributed by atoms with Gasteiger partial charge in [-0.2, -0.15) is 0 Å². The molecule has 6 nitrogen and oxygen atoms in total. The third kappa shape index (κ3) is 9.64. The molecule has 2 N–H and O–H groups in total. The van der Waals surface area contributed by atoms with Crippen molar-refractivity contribution in [3.8, 4) is 0 Å².